The molecule has 0 radical (unpaired) electrons. The standard InChI is InChI=1S/C17H26N2O2/c1-12(15-7-5-6-8-16(15)21-4)9-17(20)19-10-13(2)18-14(3)11-19/h5-8,12-14,18H,9-11H2,1-4H3. The van der Waals surface area contributed by atoms with Crippen LogP contribution in [0.3, 0.4) is 0 Å². The van der Waals surface area contributed by atoms with Gasteiger partial charge in [-0.3, -0.25) is 4.79 Å². The number of nitrogens with zero attached hydrogens (tertiary/aromatic N) is 1. The van der Waals surface area contributed by atoms with Crippen molar-refractivity contribution in [2.75, 3.05) is 20.2 Å². The Morgan fingerprint density at radius 1 is 1.33 bits per heavy atom. The maximum absolute atomic E-state index is 12.5. The highest BCUT2D eigenvalue weighted by molar-refractivity contribution is 5.77. The van der Waals surface area contributed by atoms with Crippen molar-refractivity contribution in [3.63, 3.8) is 0 Å². The number of carbonyl (C=O) groups excluding carboxylic acids is 1. The zero-order valence-electron chi connectivity index (χ0n) is 13.4. The number of nitrogens with one attached hydrogen (secondary N) is 1. The molecule has 0 bridgehead atoms. The SMILES string of the molecule is COc1ccccc1C(C)CC(=O)N1CC(C)NC(C)C1. The van der Waals surface area contributed by atoms with Crippen LogP contribution in [0.2, 0.25) is 0 Å². The smallest absolute Gasteiger partial charge is 0.223 e. The van der Waals surface area contributed by atoms with Crippen molar-refractivity contribution in [3.05, 3.63) is 29.8 Å². The summed E-state index contributed by atoms with van der Waals surface area (Å²) in [6.07, 6.45) is 0.528. The van der Waals surface area contributed by atoms with Crippen LogP contribution in [0.15, 0.2) is 24.3 Å². The third-order valence-corrected chi connectivity index (χ3v) is 4.06. The predicted molar refractivity (Wildman–Crippen MR) is 84.7 cm³/mol. The van der Waals surface area contributed by atoms with Gasteiger partial charge in [-0.05, 0) is 31.4 Å². The van der Waals surface area contributed by atoms with Crippen LogP contribution in [0.5, 0.6) is 5.75 Å². The Bertz CT molecular complexity index is 479. The molecule has 1 aromatic carbocycles. The van der Waals surface area contributed by atoms with Crippen LogP contribution >= 0.6 is 0 Å². The van der Waals surface area contributed by atoms with Crippen LogP contribution in [0, 0.1) is 0 Å². The molecule has 1 saturated heterocycles. The molecule has 1 amide bonds. The fourth-order valence-electron chi connectivity index (χ4n) is 3.10. The number of ether oxygens (including phenoxy) is 1. The number of benzene rings is 1. The number of para-hydroxylation sites is 1. The lowest BCUT2D eigenvalue weighted by atomic mass is 9.95. The number of hydrogen-bond donors (Lipinski definition) is 1. The van der Waals surface area contributed by atoms with Gasteiger partial charge < -0.3 is 15.0 Å². The van der Waals surface area contributed by atoms with E-state index in [1.165, 1.54) is 0 Å². The molecule has 21 heavy (non-hydrogen) atoms. The van der Waals surface area contributed by atoms with Crippen LogP contribution in [-0.4, -0.2) is 43.1 Å². The lowest BCUT2D eigenvalue weighted by molar-refractivity contribution is -0.133. The average Bonchev–Trinajstić information content (AvgIpc) is 2.46. The minimum atomic E-state index is 0.161. The summed E-state index contributed by atoms with van der Waals surface area (Å²) < 4.78 is 5.39. The molecule has 1 aliphatic rings. The monoisotopic (exact) mass is 290 g/mol. The average molecular weight is 290 g/mol. The molecule has 1 heterocycles. The van der Waals surface area contributed by atoms with Crippen LogP contribution in [0.1, 0.15) is 38.7 Å². The van der Waals surface area contributed by atoms with Crippen LogP contribution in [0.25, 0.3) is 0 Å². The van der Waals surface area contributed by atoms with E-state index in [0.717, 1.165) is 24.4 Å². The highest BCUT2D eigenvalue weighted by Gasteiger charge is 2.26. The normalized spacial score (nSPS) is 23.7. The van der Waals surface area contributed by atoms with Crippen molar-refractivity contribution < 1.29 is 9.53 Å². The van der Waals surface area contributed by atoms with Gasteiger partial charge in [-0.1, -0.05) is 25.1 Å². The van der Waals surface area contributed by atoms with Gasteiger partial charge in [-0.25, -0.2) is 0 Å². The first-order valence-electron chi connectivity index (χ1n) is 7.68. The first-order valence-corrected chi connectivity index (χ1v) is 7.68. The molecule has 2 rings (SSSR count). The summed E-state index contributed by atoms with van der Waals surface area (Å²) >= 11 is 0. The molecule has 1 N–H and O–H groups in total. The fraction of sp³-hybridized carbons (Fsp3) is 0.588. The summed E-state index contributed by atoms with van der Waals surface area (Å²) in [7, 11) is 1.67. The van der Waals surface area contributed by atoms with E-state index in [0.29, 0.717) is 18.5 Å². The molecule has 0 spiro atoms. The topological polar surface area (TPSA) is 41.6 Å². The lowest BCUT2D eigenvalue weighted by Gasteiger charge is -2.36. The van der Waals surface area contributed by atoms with Gasteiger partial charge in [0.1, 0.15) is 5.75 Å². The number of methoxy groups -OCH3 is 1. The molecule has 1 aromatic rings. The minimum absolute atomic E-state index is 0.161. The van der Waals surface area contributed by atoms with Gasteiger partial charge in [0.15, 0.2) is 0 Å². The van der Waals surface area contributed by atoms with Crippen LogP contribution < -0.4 is 10.1 Å². The first-order chi connectivity index (χ1) is 10.0. The maximum Gasteiger partial charge on any atom is 0.223 e. The van der Waals surface area contributed by atoms with Gasteiger partial charge >= 0.3 is 0 Å². The summed E-state index contributed by atoms with van der Waals surface area (Å²) in [5.41, 5.74) is 1.10. The quantitative estimate of drug-likeness (QED) is 0.926. The summed E-state index contributed by atoms with van der Waals surface area (Å²) in [4.78, 5) is 14.5. The molecule has 0 saturated carbocycles. The van der Waals surface area contributed by atoms with Gasteiger partial charge in [0.2, 0.25) is 5.91 Å². The zero-order chi connectivity index (χ0) is 15.4. The van der Waals surface area contributed by atoms with Crippen LogP contribution in [-0.2, 0) is 4.79 Å². The van der Waals surface area contributed by atoms with Crippen LogP contribution in [0.4, 0.5) is 0 Å². The molecule has 3 unspecified atom stereocenters. The Morgan fingerprint density at radius 3 is 2.57 bits per heavy atom. The number of amides is 1. The van der Waals surface area contributed by atoms with E-state index in [-0.39, 0.29) is 11.8 Å². The Morgan fingerprint density at radius 2 is 1.95 bits per heavy atom. The van der Waals surface area contributed by atoms with Gasteiger partial charge in [0.05, 0.1) is 7.11 Å². The molecule has 0 aliphatic carbocycles. The van der Waals surface area contributed by atoms with Gasteiger partial charge in [0.25, 0.3) is 0 Å². The largest absolute Gasteiger partial charge is 0.496 e. The summed E-state index contributed by atoms with van der Waals surface area (Å²) in [5, 5.41) is 3.45. The second-order valence-corrected chi connectivity index (χ2v) is 6.11. The summed E-state index contributed by atoms with van der Waals surface area (Å²) in [6.45, 7) is 7.92. The molecular weight excluding hydrogens is 264 g/mol. The van der Waals surface area contributed by atoms with Crippen molar-refractivity contribution in [1.29, 1.82) is 0 Å². The van der Waals surface area contributed by atoms with E-state index in [4.69, 9.17) is 4.74 Å². The zero-order valence-corrected chi connectivity index (χ0v) is 13.4. The van der Waals surface area contributed by atoms with E-state index in [1.807, 2.05) is 29.2 Å². The maximum atomic E-state index is 12.5. The Balaban J connectivity index is 2.01. The van der Waals surface area contributed by atoms with Crippen molar-refractivity contribution in [3.8, 4) is 5.75 Å². The highest BCUT2D eigenvalue weighted by atomic mass is 16.5. The van der Waals surface area contributed by atoms with E-state index < -0.39 is 0 Å². The molecule has 116 valence electrons. The van der Waals surface area contributed by atoms with E-state index in [1.54, 1.807) is 7.11 Å². The highest BCUT2D eigenvalue weighted by Crippen LogP contribution is 2.29. The molecule has 4 heteroatoms. The van der Waals surface area contributed by atoms with Crippen molar-refractivity contribution in [2.45, 2.75) is 45.2 Å². The first kappa shape index (κ1) is 15.8. The number of rotatable bonds is 4. The number of carbonyl (C=O) groups is 1. The van der Waals surface area contributed by atoms with Gasteiger partial charge in [-0.2, -0.15) is 0 Å². The molecule has 0 aromatic heterocycles. The van der Waals surface area contributed by atoms with E-state index in [9.17, 15) is 4.79 Å². The van der Waals surface area contributed by atoms with E-state index >= 15 is 0 Å². The molecule has 1 fully saturated rings. The Labute approximate surface area is 127 Å². The number of hydrogen-bond acceptors (Lipinski definition) is 3. The number of piperazine rings is 1. The third kappa shape index (κ3) is 3.97. The Kier molecular flexibility index (Phi) is 5.23. The molecule has 4 nitrogen and oxygen atoms in total. The molecular formula is C17H26N2O2. The van der Waals surface area contributed by atoms with Crippen molar-refractivity contribution in [1.82, 2.24) is 10.2 Å². The third-order valence-electron chi connectivity index (χ3n) is 4.06. The fourth-order valence-corrected chi connectivity index (χ4v) is 3.10. The van der Waals surface area contributed by atoms with Crippen molar-refractivity contribution in [2.24, 2.45) is 0 Å². The molecule has 3 atom stereocenters. The van der Waals surface area contributed by atoms with Gasteiger partial charge in [0, 0.05) is 31.6 Å². The van der Waals surface area contributed by atoms with Gasteiger partial charge in [-0.15, -0.1) is 0 Å². The second kappa shape index (κ2) is 6.94. The van der Waals surface area contributed by atoms with E-state index in [2.05, 4.69) is 26.1 Å². The van der Waals surface area contributed by atoms with Crippen molar-refractivity contribution >= 4 is 5.91 Å². The summed E-state index contributed by atoms with van der Waals surface area (Å²) in [6, 6.07) is 8.66. The molecule has 1 aliphatic heterocycles. The Hall–Kier alpha value is -1.55. The second-order valence-electron chi connectivity index (χ2n) is 6.11. The minimum Gasteiger partial charge on any atom is -0.496 e. The predicted octanol–water partition coefficient (Wildman–Crippen LogP) is 2.40. The summed E-state index contributed by atoms with van der Waals surface area (Å²) in [5.74, 6) is 1.25. The lowest BCUT2D eigenvalue weighted by Crippen LogP contribution is -2.55.